The Labute approximate surface area is 276 Å². The van der Waals surface area contributed by atoms with E-state index in [1.165, 1.54) is 4.90 Å². The van der Waals surface area contributed by atoms with Crippen LogP contribution in [0.5, 0.6) is 0 Å². The predicted octanol–water partition coefficient (Wildman–Crippen LogP) is 8.92. The van der Waals surface area contributed by atoms with Crippen molar-refractivity contribution in [1.82, 2.24) is 10.1 Å². The topological polar surface area (TPSA) is 102 Å². The van der Waals surface area contributed by atoms with Gasteiger partial charge >= 0.3 is 0 Å². The Hall–Kier alpha value is -4.61. The molecule has 0 aliphatic heterocycles. The van der Waals surface area contributed by atoms with E-state index in [0.717, 1.165) is 89.5 Å². The van der Waals surface area contributed by atoms with Crippen LogP contribution < -0.4 is 10.2 Å². The second-order valence-corrected chi connectivity index (χ2v) is 12.2. The normalized spacial score (nSPS) is 11.5. The number of nitriles is 1. The van der Waals surface area contributed by atoms with Crippen molar-refractivity contribution in [3.63, 3.8) is 0 Å². The molecule has 0 aliphatic carbocycles. The Morgan fingerprint density at radius 1 is 1.07 bits per heavy atom. The summed E-state index contributed by atoms with van der Waals surface area (Å²) in [5, 5.41) is 17.5. The number of amides is 2. The van der Waals surface area contributed by atoms with Gasteiger partial charge in [-0.05, 0) is 113 Å². The highest BCUT2D eigenvalue weighted by molar-refractivity contribution is 6.32. The number of nitrogens with zero attached hydrogens (tertiary/aromatic N) is 4. The third kappa shape index (κ3) is 7.78. The highest BCUT2D eigenvalue weighted by atomic mass is 35.5. The summed E-state index contributed by atoms with van der Waals surface area (Å²) >= 11 is 6.48. The van der Waals surface area contributed by atoms with Crippen LogP contribution in [0.15, 0.2) is 59.1 Å². The molecule has 1 atom stereocenters. The third-order valence-electron chi connectivity index (χ3n) is 8.33. The molecule has 4 rings (SSSR count). The molecule has 2 amide bonds. The summed E-state index contributed by atoms with van der Waals surface area (Å²) in [6.45, 7) is 13.2. The van der Waals surface area contributed by atoms with E-state index < -0.39 is 0 Å². The van der Waals surface area contributed by atoms with Crippen molar-refractivity contribution >= 4 is 41.0 Å². The number of hydrogen-bond acceptors (Lipinski definition) is 7. The van der Waals surface area contributed by atoms with Gasteiger partial charge in [-0.15, -0.1) is 0 Å². The van der Waals surface area contributed by atoms with E-state index in [4.69, 9.17) is 16.1 Å². The lowest BCUT2D eigenvalue weighted by atomic mass is 10.0. The molecular weight excluding hydrogens is 598 g/mol. The Morgan fingerprint density at radius 2 is 1.85 bits per heavy atom. The van der Waals surface area contributed by atoms with E-state index in [1.807, 2.05) is 58.9 Å². The number of unbranched alkanes of at least 4 members (excludes halogenated alkanes) is 1. The van der Waals surface area contributed by atoms with Gasteiger partial charge in [0, 0.05) is 47.3 Å². The molecule has 0 radical (unpaired) electrons. The second-order valence-electron chi connectivity index (χ2n) is 11.7. The van der Waals surface area contributed by atoms with Crippen LogP contribution in [0.4, 0.5) is 17.1 Å². The fourth-order valence-electron chi connectivity index (χ4n) is 5.79. The van der Waals surface area contributed by atoms with Crippen LogP contribution in [0.3, 0.4) is 0 Å². The highest BCUT2D eigenvalue weighted by Crippen LogP contribution is 2.36. The van der Waals surface area contributed by atoms with Crippen molar-refractivity contribution in [2.45, 2.75) is 73.3 Å². The maximum Gasteiger partial charge on any atom is 0.260 e. The number of halogens is 1. The standard InChI is InChI=1S/C37H42ClN5O3/c1-7-10-26(4)43(23-44)37(45)33-16-14-31(19-25(33)3)40-17-8-9-18-42(32-15-13-30(22-39)34(38)21-32)35-20-29(12-11-24(35)2)36-27(5)41-46-28(36)6/h11-16,19-21,23,26,40H,7-10,17-18H2,1-6H3. The molecule has 0 saturated heterocycles. The lowest BCUT2D eigenvalue weighted by Crippen LogP contribution is -2.37. The number of benzene rings is 3. The van der Waals surface area contributed by atoms with Gasteiger partial charge in [0.15, 0.2) is 0 Å². The summed E-state index contributed by atoms with van der Waals surface area (Å²) in [7, 11) is 0. The molecule has 3 aromatic carbocycles. The zero-order valence-electron chi connectivity index (χ0n) is 27.5. The second kappa shape index (κ2) is 15.6. The molecule has 4 aromatic rings. The lowest BCUT2D eigenvalue weighted by Gasteiger charge is -2.28. The summed E-state index contributed by atoms with van der Waals surface area (Å²) in [5.41, 5.74) is 8.62. The predicted molar refractivity (Wildman–Crippen MR) is 185 cm³/mol. The first kappa shape index (κ1) is 34.3. The minimum Gasteiger partial charge on any atom is -0.385 e. The zero-order valence-corrected chi connectivity index (χ0v) is 28.2. The zero-order chi connectivity index (χ0) is 33.4. The summed E-state index contributed by atoms with van der Waals surface area (Å²) < 4.78 is 5.44. The van der Waals surface area contributed by atoms with E-state index >= 15 is 0 Å². The van der Waals surface area contributed by atoms with Crippen molar-refractivity contribution in [3.8, 4) is 17.2 Å². The van der Waals surface area contributed by atoms with E-state index in [2.05, 4.69) is 46.6 Å². The molecule has 0 saturated carbocycles. The maximum atomic E-state index is 13.1. The van der Waals surface area contributed by atoms with Crippen molar-refractivity contribution in [1.29, 1.82) is 5.26 Å². The number of carbonyl (C=O) groups excluding carboxylic acids is 2. The number of hydrogen-bond donors (Lipinski definition) is 1. The van der Waals surface area contributed by atoms with Gasteiger partial charge in [-0.2, -0.15) is 5.26 Å². The average Bonchev–Trinajstić information content (AvgIpc) is 3.37. The largest absolute Gasteiger partial charge is 0.385 e. The number of imide groups is 1. The van der Waals surface area contributed by atoms with Gasteiger partial charge in [0.25, 0.3) is 5.91 Å². The van der Waals surface area contributed by atoms with Crippen LogP contribution in [-0.2, 0) is 4.79 Å². The summed E-state index contributed by atoms with van der Waals surface area (Å²) in [6.07, 6.45) is 4.06. The lowest BCUT2D eigenvalue weighted by molar-refractivity contribution is -0.117. The first-order valence-corrected chi connectivity index (χ1v) is 16.1. The van der Waals surface area contributed by atoms with Crippen LogP contribution in [0.2, 0.25) is 5.02 Å². The number of aromatic nitrogens is 1. The Balaban J connectivity index is 1.48. The van der Waals surface area contributed by atoms with Gasteiger partial charge in [0.1, 0.15) is 11.8 Å². The minimum atomic E-state index is -0.267. The molecule has 1 aromatic heterocycles. The minimum absolute atomic E-state index is 0.144. The Bertz CT molecular complexity index is 1720. The molecule has 0 spiro atoms. The molecule has 46 heavy (non-hydrogen) atoms. The number of aryl methyl sites for hydroxylation is 4. The quantitative estimate of drug-likeness (QED) is 0.109. The average molecular weight is 640 g/mol. The van der Waals surface area contributed by atoms with Crippen molar-refractivity contribution in [2.24, 2.45) is 0 Å². The smallest absolute Gasteiger partial charge is 0.260 e. The van der Waals surface area contributed by atoms with E-state index in [-0.39, 0.29) is 11.9 Å². The molecule has 9 heteroatoms. The fourth-order valence-corrected chi connectivity index (χ4v) is 6.01. The molecule has 0 fully saturated rings. The molecule has 8 nitrogen and oxygen atoms in total. The van der Waals surface area contributed by atoms with Crippen molar-refractivity contribution < 1.29 is 14.1 Å². The number of nitrogens with one attached hydrogen (secondary N) is 1. The first-order valence-electron chi connectivity index (χ1n) is 15.7. The van der Waals surface area contributed by atoms with Crippen LogP contribution in [-0.4, -0.2) is 41.5 Å². The Kier molecular flexibility index (Phi) is 11.6. The van der Waals surface area contributed by atoms with Gasteiger partial charge < -0.3 is 14.7 Å². The molecular formula is C37H42ClN5O3. The van der Waals surface area contributed by atoms with E-state index in [1.54, 1.807) is 12.1 Å². The van der Waals surface area contributed by atoms with Crippen LogP contribution in [0, 0.1) is 39.0 Å². The van der Waals surface area contributed by atoms with Gasteiger partial charge in [0.2, 0.25) is 6.41 Å². The molecule has 0 aliphatic rings. The van der Waals surface area contributed by atoms with Crippen LogP contribution >= 0.6 is 11.6 Å². The van der Waals surface area contributed by atoms with Crippen molar-refractivity contribution in [3.05, 3.63) is 93.3 Å². The SMILES string of the molecule is CCCC(C)N(C=O)C(=O)c1ccc(NCCCCN(c2ccc(C#N)c(Cl)c2)c2cc(-c3c(C)noc3C)ccc2C)cc1C. The van der Waals surface area contributed by atoms with Crippen LogP contribution in [0.25, 0.3) is 11.1 Å². The number of carbonyl (C=O) groups is 2. The first-order chi connectivity index (χ1) is 22.1. The molecule has 0 bridgehead atoms. The molecule has 1 heterocycles. The van der Waals surface area contributed by atoms with Gasteiger partial charge in [-0.1, -0.05) is 42.2 Å². The summed E-state index contributed by atoms with van der Waals surface area (Å²) in [4.78, 5) is 28.3. The Morgan fingerprint density at radius 3 is 2.48 bits per heavy atom. The van der Waals surface area contributed by atoms with Crippen LogP contribution in [0.1, 0.15) is 78.0 Å². The van der Waals surface area contributed by atoms with E-state index in [9.17, 15) is 14.9 Å². The molecule has 240 valence electrons. The number of anilines is 3. The van der Waals surface area contributed by atoms with Gasteiger partial charge in [-0.25, -0.2) is 0 Å². The fraction of sp³-hybridized carbons (Fsp3) is 0.351. The van der Waals surface area contributed by atoms with Crippen molar-refractivity contribution in [2.75, 3.05) is 23.3 Å². The van der Waals surface area contributed by atoms with Gasteiger partial charge in [0.05, 0.1) is 16.3 Å². The molecule has 1 unspecified atom stereocenters. The highest BCUT2D eigenvalue weighted by Gasteiger charge is 2.22. The van der Waals surface area contributed by atoms with Gasteiger partial charge in [-0.3, -0.25) is 14.5 Å². The van der Waals surface area contributed by atoms with E-state index in [0.29, 0.717) is 22.6 Å². The number of rotatable bonds is 14. The summed E-state index contributed by atoms with van der Waals surface area (Å²) in [5.74, 6) is 0.503. The molecule has 1 N–H and O–H groups in total. The third-order valence-corrected chi connectivity index (χ3v) is 8.64. The monoisotopic (exact) mass is 639 g/mol. The summed E-state index contributed by atoms with van der Waals surface area (Å²) in [6, 6.07) is 19.5. The maximum absolute atomic E-state index is 13.1.